The van der Waals surface area contributed by atoms with Crippen molar-refractivity contribution in [2.75, 3.05) is 6.61 Å². The van der Waals surface area contributed by atoms with E-state index in [4.69, 9.17) is 26.3 Å². The second-order valence-electron chi connectivity index (χ2n) is 3.05. The van der Waals surface area contributed by atoms with Gasteiger partial charge in [0.1, 0.15) is 5.15 Å². The van der Waals surface area contributed by atoms with Crippen LogP contribution in [-0.2, 0) is 9.47 Å². The number of hydrogen-bond acceptors (Lipinski definition) is 4. The Balaban J connectivity index is 2.76. The fraction of sp³-hybridized carbons (Fsp3) is 0.455. The van der Waals surface area contributed by atoms with Crippen LogP contribution in [0.25, 0.3) is 0 Å². The second-order valence-corrected chi connectivity index (χ2v) is 3.41. The number of nitrogens with zero attached hydrogens (tertiary/aromatic N) is 2. The van der Waals surface area contributed by atoms with Crippen LogP contribution in [0.1, 0.15) is 25.5 Å². The number of halogens is 1. The van der Waals surface area contributed by atoms with Gasteiger partial charge in [0.05, 0.1) is 6.07 Å². The molecule has 0 fully saturated rings. The van der Waals surface area contributed by atoms with Crippen LogP contribution < -0.4 is 0 Å². The van der Waals surface area contributed by atoms with Gasteiger partial charge in [-0.3, -0.25) is 0 Å². The molecule has 0 radical (unpaired) electrons. The van der Waals surface area contributed by atoms with Crippen LogP contribution in [0.2, 0.25) is 5.15 Å². The third-order valence-electron chi connectivity index (χ3n) is 1.92. The summed E-state index contributed by atoms with van der Waals surface area (Å²) in [6.45, 7) is 4.12. The molecule has 1 aromatic rings. The monoisotopic (exact) mass is 240 g/mol. The quantitative estimate of drug-likeness (QED) is 0.587. The number of nitriles is 1. The van der Waals surface area contributed by atoms with Crippen LogP contribution in [0.5, 0.6) is 0 Å². The first-order valence-electron chi connectivity index (χ1n) is 4.96. The van der Waals surface area contributed by atoms with Crippen molar-refractivity contribution in [3.63, 3.8) is 0 Å². The molecular weight excluding hydrogens is 228 g/mol. The number of ether oxygens (including phenoxy) is 2. The number of hydrogen-bond donors (Lipinski definition) is 0. The first kappa shape index (κ1) is 12.9. The van der Waals surface area contributed by atoms with Gasteiger partial charge in [0.15, 0.2) is 12.4 Å². The maximum atomic E-state index is 9.00. The molecule has 2 atom stereocenters. The molecule has 86 valence electrons. The molecule has 4 nitrogen and oxygen atoms in total. The molecule has 1 aromatic heterocycles. The molecule has 0 aliphatic heterocycles. The first-order valence-corrected chi connectivity index (χ1v) is 5.34. The van der Waals surface area contributed by atoms with E-state index in [1.165, 1.54) is 0 Å². The van der Waals surface area contributed by atoms with Crippen LogP contribution >= 0.6 is 11.6 Å². The van der Waals surface area contributed by atoms with Crippen molar-refractivity contribution in [2.45, 2.75) is 26.2 Å². The highest BCUT2D eigenvalue weighted by Gasteiger charge is 2.18. The third-order valence-corrected chi connectivity index (χ3v) is 2.23. The fourth-order valence-electron chi connectivity index (χ4n) is 1.23. The molecule has 16 heavy (non-hydrogen) atoms. The topological polar surface area (TPSA) is 55.1 Å². The van der Waals surface area contributed by atoms with Gasteiger partial charge in [0.25, 0.3) is 0 Å². The molecule has 0 aliphatic rings. The third kappa shape index (κ3) is 3.46. The molecule has 0 aromatic carbocycles. The second kappa shape index (κ2) is 6.44. The zero-order chi connectivity index (χ0) is 12.0. The Kier molecular flexibility index (Phi) is 5.20. The summed E-state index contributed by atoms with van der Waals surface area (Å²) in [5, 5.41) is 9.28. The van der Waals surface area contributed by atoms with E-state index in [2.05, 4.69) is 4.98 Å². The van der Waals surface area contributed by atoms with Gasteiger partial charge in [-0.25, -0.2) is 4.98 Å². The molecular formula is C11H13ClN2O2. The molecule has 1 rings (SSSR count). The molecule has 2 unspecified atom stereocenters. The highest BCUT2D eigenvalue weighted by atomic mass is 35.5. The lowest BCUT2D eigenvalue weighted by atomic mass is 10.2. The molecule has 0 spiro atoms. The Bertz CT molecular complexity index is 378. The van der Waals surface area contributed by atoms with Gasteiger partial charge < -0.3 is 9.47 Å². The van der Waals surface area contributed by atoms with Gasteiger partial charge in [-0.15, -0.1) is 0 Å². The van der Waals surface area contributed by atoms with E-state index in [1.54, 1.807) is 25.3 Å². The molecule has 1 heterocycles. The Labute approximate surface area is 99.8 Å². The Morgan fingerprint density at radius 1 is 1.62 bits per heavy atom. The van der Waals surface area contributed by atoms with E-state index in [-0.39, 0.29) is 5.15 Å². The lowest BCUT2D eigenvalue weighted by molar-refractivity contribution is -0.145. The minimum absolute atomic E-state index is 0.276. The van der Waals surface area contributed by atoms with E-state index in [1.807, 2.05) is 13.0 Å². The smallest absolute Gasteiger partial charge is 0.175 e. The average Bonchev–Trinajstić information content (AvgIpc) is 2.27. The predicted molar refractivity (Wildman–Crippen MR) is 59.8 cm³/mol. The number of pyridine rings is 1. The van der Waals surface area contributed by atoms with E-state index in [0.717, 1.165) is 0 Å². The average molecular weight is 241 g/mol. The maximum Gasteiger partial charge on any atom is 0.175 e. The summed E-state index contributed by atoms with van der Waals surface area (Å²) in [5.74, 6) is 0. The highest BCUT2D eigenvalue weighted by Crippen LogP contribution is 2.24. The van der Waals surface area contributed by atoms with Crippen molar-refractivity contribution in [2.24, 2.45) is 0 Å². The van der Waals surface area contributed by atoms with E-state index < -0.39 is 12.4 Å². The van der Waals surface area contributed by atoms with Crippen LogP contribution in [0.4, 0.5) is 0 Å². The predicted octanol–water partition coefficient (Wildman–Crippen LogP) is 2.70. The summed E-state index contributed by atoms with van der Waals surface area (Å²) >= 11 is 5.88. The molecule has 0 aliphatic carbocycles. The highest BCUT2D eigenvalue weighted by molar-refractivity contribution is 6.30. The normalized spacial score (nSPS) is 14.1. The lowest BCUT2D eigenvalue weighted by Crippen LogP contribution is -2.16. The van der Waals surface area contributed by atoms with Gasteiger partial charge in [-0.2, -0.15) is 5.26 Å². The van der Waals surface area contributed by atoms with Gasteiger partial charge in [-0.1, -0.05) is 17.7 Å². The molecule has 0 saturated carbocycles. The van der Waals surface area contributed by atoms with Crippen molar-refractivity contribution in [1.82, 2.24) is 4.98 Å². The molecule has 0 N–H and O–H groups in total. The summed E-state index contributed by atoms with van der Waals surface area (Å²) in [6, 6.07) is 5.44. The number of aromatic nitrogens is 1. The van der Waals surface area contributed by atoms with Crippen molar-refractivity contribution in [3.8, 4) is 6.07 Å². The Morgan fingerprint density at radius 2 is 2.38 bits per heavy atom. The fourth-order valence-corrected chi connectivity index (χ4v) is 1.45. The SMILES string of the molecule is CCOC(C)OC(C#N)c1cccnc1Cl. The van der Waals surface area contributed by atoms with Gasteiger partial charge in [-0.05, 0) is 19.9 Å². The largest absolute Gasteiger partial charge is 0.353 e. The minimum atomic E-state index is -0.761. The maximum absolute atomic E-state index is 9.00. The summed E-state index contributed by atoms with van der Waals surface area (Å²) in [7, 11) is 0. The van der Waals surface area contributed by atoms with Crippen molar-refractivity contribution in [3.05, 3.63) is 29.0 Å². The van der Waals surface area contributed by atoms with Crippen LogP contribution in [0.15, 0.2) is 18.3 Å². The van der Waals surface area contributed by atoms with Crippen LogP contribution in [0, 0.1) is 11.3 Å². The van der Waals surface area contributed by atoms with Crippen molar-refractivity contribution < 1.29 is 9.47 Å². The standard InChI is InChI=1S/C11H13ClN2O2/c1-3-15-8(2)16-10(7-13)9-5-4-6-14-11(9)12/h4-6,8,10H,3H2,1-2H3. The van der Waals surface area contributed by atoms with Crippen LogP contribution in [0.3, 0.4) is 0 Å². The van der Waals surface area contributed by atoms with Crippen LogP contribution in [-0.4, -0.2) is 17.9 Å². The van der Waals surface area contributed by atoms with E-state index >= 15 is 0 Å². The molecule has 5 heteroatoms. The molecule has 0 saturated heterocycles. The summed E-state index contributed by atoms with van der Waals surface area (Å²) in [4.78, 5) is 3.89. The summed E-state index contributed by atoms with van der Waals surface area (Å²) in [5.41, 5.74) is 0.554. The molecule has 0 bridgehead atoms. The Morgan fingerprint density at radius 3 is 2.94 bits per heavy atom. The minimum Gasteiger partial charge on any atom is -0.353 e. The van der Waals surface area contributed by atoms with Gasteiger partial charge in [0.2, 0.25) is 0 Å². The zero-order valence-electron chi connectivity index (χ0n) is 9.18. The lowest BCUT2D eigenvalue weighted by Gasteiger charge is -2.17. The first-order chi connectivity index (χ1) is 7.69. The van der Waals surface area contributed by atoms with E-state index in [0.29, 0.717) is 12.2 Å². The van der Waals surface area contributed by atoms with E-state index in [9.17, 15) is 0 Å². The summed E-state index contributed by atoms with van der Waals surface area (Å²) in [6.07, 6.45) is 0.348. The summed E-state index contributed by atoms with van der Waals surface area (Å²) < 4.78 is 10.6. The van der Waals surface area contributed by atoms with Crippen molar-refractivity contribution >= 4 is 11.6 Å². The number of rotatable bonds is 5. The van der Waals surface area contributed by atoms with Gasteiger partial charge >= 0.3 is 0 Å². The zero-order valence-corrected chi connectivity index (χ0v) is 9.94. The Hall–Kier alpha value is -1.15. The van der Waals surface area contributed by atoms with Crippen molar-refractivity contribution in [1.29, 1.82) is 5.26 Å². The molecule has 0 amide bonds. The van der Waals surface area contributed by atoms with Gasteiger partial charge in [0, 0.05) is 18.4 Å².